The molecule has 0 radical (unpaired) electrons. The number of hydrogen-bond donors (Lipinski definition) is 1. The highest BCUT2D eigenvalue weighted by Crippen LogP contribution is 2.22. The van der Waals surface area contributed by atoms with Crippen LogP contribution in [0, 0.1) is 6.92 Å². The number of hydrogen-bond acceptors (Lipinski definition) is 5. The molecule has 0 saturated carbocycles. The summed E-state index contributed by atoms with van der Waals surface area (Å²) < 4.78 is 5.24. The average Bonchev–Trinajstić information content (AvgIpc) is 2.30. The molecule has 82 valence electrons. The molecule has 0 bridgehead atoms. The van der Waals surface area contributed by atoms with Gasteiger partial charge in [-0.05, 0) is 6.92 Å². The van der Waals surface area contributed by atoms with Crippen LogP contribution in [0.25, 0.3) is 0 Å². The van der Waals surface area contributed by atoms with Crippen molar-refractivity contribution in [3.8, 4) is 5.88 Å². The fourth-order valence-corrected chi connectivity index (χ4v) is 1.68. The Bertz CT molecular complexity index is 336. The first-order chi connectivity index (χ1) is 7.31. The monoisotopic (exact) mass is 208 g/mol. The Labute approximate surface area is 89.5 Å². The molecule has 0 spiro atoms. The second kappa shape index (κ2) is 4.44. The van der Waals surface area contributed by atoms with Gasteiger partial charge in [0.2, 0.25) is 0 Å². The van der Waals surface area contributed by atoms with Gasteiger partial charge in [-0.3, -0.25) is 0 Å². The van der Waals surface area contributed by atoms with Crippen LogP contribution in [-0.2, 0) is 0 Å². The SMILES string of the molecule is COc1nc(C)cnc1N1CCNCC1. The van der Waals surface area contributed by atoms with Crippen LogP contribution in [0.4, 0.5) is 5.82 Å². The molecular weight excluding hydrogens is 192 g/mol. The van der Waals surface area contributed by atoms with Crippen LogP contribution in [0.1, 0.15) is 5.69 Å². The molecule has 0 aromatic carbocycles. The smallest absolute Gasteiger partial charge is 0.257 e. The molecule has 15 heavy (non-hydrogen) atoms. The molecule has 2 rings (SSSR count). The van der Waals surface area contributed by atoms with Crippen molar-refractivity contribution in [3.63, 3.8) is 0 Å². The van der Waals surface area contributed by atoms with Gasteiger partial charge in [-0.2, -0.15) is 0 Å². The van der Waals surface area contributed by atoms with Gasteiger partial charge in [0.15, 0.2) is 5.82 Å². The maximum Gasteiger partial charge on any atom is 0.257 e. The minimum absolute atomic E-state index is 0.622. The van der Waals surface area contributed by atoms with Crippen molar-refractivity contribution in [2.45, 2.75) is 6.92 Å². The molecule has 0 atom stereocenters. The van der Waals surface area contributed by atoms with E-state index in [0.29, 0.717) is 5.88 Å². The van der Waals surface area contributed by atoms with Crippen LogP contribution < -0.4 is 15.0 Å². The number of aryl methyl sites for hydroxylation is 1. The molecule has 1 aliphatic heterocycles. The number of anilines is 1. The maximum atomic E-state index is 5.24. The zero-order chi connectivity index (χ0) is 10.7. The number of methoxy groups -OCH3 is 1. The van der Waals surface area contributed by atoms with Crippen molar-refractivity contribution in [3.05, 3.63) is 11.9 Å². The normalized spacial score (nSPS) is 16.5. The zero-order valence-electron chi connectivity index (χ0n) is 9.16. The van der Waals surface area contributed by atoms with E-state index < -0.39 is 0 Å². The van der Waals surface area contributed by atoms with Crippen LogP contribution in [0.2, 0.25) is 0 Å². The summed E-state index contributed by atoms with van der Waals surface area (Å²) in [5.41, 5.74) is 0.880. The van der Waals surface area contributed by atoms with E-state index in [1.54, 1.807) is 13.3 Å². The number of nitrogens with one attached hydrogen (secondary N) is 1. The molecule has 1 saturated heterocycles. The summed E-state index contributed by atoms with van der Waals surface area (Å²) in [6, 6.07) is 0. The highest BCUT2D eigenvalue weighted by molar-refractivity contribution is 5.48. The minimum Gasteiger partial charge on any atom is -0.478 e. The standard InChI is InChI=1S/C10H16N4O/c1-8-7-12-9(10(13-8)15-2)14-5-3-11-4-6-14/h7,11H,3-6H2,1-2H3. The van der Waals surface area contributed by atoms with E-state index in [9.17, 15) is 0 Å². The summed E-state index contributed by atoms with van der Waals surface area (Å²) in [5.74, 6) is 1.47. The Morgan fingerprint density at radius 1 is 1.40 bits per heavy atom. The molecule has 2 heterocycles. The first-order valence-corrected chi connectivity index (χ1v) is 5.14. The van der Waals surface area contributed by atoms with Gasteiger partial charge in [0, 0.05) is 26.2 Å². The third-order valence-electron chi connectivity index (χ3n) is 2.45. The van der Waals surface area contributed by atoms with E-state index >= 15 is 0 Å². The van der Waals surface area contributed by atoms with Crippen LogP contribution in [-0.4, -0.2) is 43.3 Å². The number of aromatic nitrogens is 2. The lowest BCUT2D eigenvalue weighted by Crippen LogP contribution is -2.44. The summed E-state index contributed by atoms with van der Waals surface area (Å²) in [5, 5.41) is 3.30. The van der Waals surface area contributed by atoms with Gasteiger partial charge in [-0.25, -0.2) is 9.97 Å². The Morgan fingerprint density at radius 3 is 2.80 bits per heavy atom. The minimum atomic E-state index is 0.622. The molecule has 1 N–H and O–H groups in total. The van der Waals surface area contributed by atoms with Gasteiger partial charge in [-0.15, -0.1) is 0 Å². The quantitative estimate of drug-likeness (QED) is 0.752. The van der Waals surface area contributed by atoms with Gasteiger partial charge < -0.3 is 15.0 Å². The number of nitrogens with zero attached hydrogens (tertiary/aromatic N) is 3. The lowest BCUT2D eigenvalue weighted by atomic mass is 10.3. The summed E-state index contributed by atoms with van der Waals surface area (Å²) in [6.45, 7) is 5.79. The molecule has 0 unspecified atom stereocenters. The van der Waals surface area contributed by atoms with Gasteiger partial charge in [-0.1, -0.05) is 0 Å². The highest BCUT2D eigenvalue weighted by Gasteiger charge is 2.17. The van der Waals surface area contributed by atoms with Crippen LogP contribution in [0.3, 0.4) is 0 Å². The lowest BCUT2D eigenvalue weighted by molar-refractivity contribution is 0.393. The number of ether oxygens (including phenoxy) is 1. The van der Waals surface area contributed by atoms with Gasteiger partial charge >= 0.3 is 0 Å². The van der Waals surface area contributed by atoms with E-state index in [1.165, 1.54) is 0 Å². The molecule has 1 fully saturated rings. The number of rotatable bonds is 2. The molecule has 1 aromatic rings. The average molecular weight is 208 g/mol. The van der Waals surface area contributed by atoms with Gasteiger partial charge in [0.1, 0.15) is 0 Å². The topological polar surface area (TPSA) is 50.3 Å². The van der Waals surface area contributed by atoms with E-state index in [0.717, 1.165) is 37.7 Å². The molecule has 0 aliphatic carbocycles. The van der Waals surface area contributed by atoms with E-state index in [2.05, 4.69) is 20.2 Å². The van der Waals surface area contributed by atoms with Crippen LogP contribution in [0.15, 0.2) is 6.20 Å². The summed E-state index contributed by atoms with van der Waals surface area (Å²) in [4.78, 5) is 10.9. The van der Waals surface area contributed by atoms with Gasteiger partial charge in [0.25, 0.3) is 5.88 Å². The molecule has 0 amide bonds. The predicted octanol–water partition coefficient (Wildman–Crippen LogP) is 0.203. The molecule has 1 aliphatic rings. The Balaban J connectivity index is 2.25. The lowest BCUT2D eigenvalue weighted by Gasteiger charge is -2.28. The zero-order valence-corrected chi connectivity index (χ0v) is 9.16. The van der Waals surface area contributed by atoms with Crippen molar-refractivity contribution < 1.29 is 4.74 Å². The highest BCUT2D eigenvalue weighted by atomic mass is 16.5. The second-order valence-electron chi connectivity index (χ2n) is 3.58. The fourth-order valence-electron chi connectivity index (χ4n) is 1.68. The molecular formula is C10H16N4O. The third-order valence-corrected chi connectivity index (χ3v) is 2.45. The van der Waals surface area contributed by atoms with Crippen molar-refractivity contribution in [2.75, 3.05) is 38.2 Å². The Kier molecular flexibility index (Phi) is 3.01. The van der Waals surface area contributed by atoms with E-state index in [4.69, 9.17) is 4.74 Å². The third kappa shape index (κ3) is 2.18. The second-order valence-corrected chi connectivity index (χ2v) is 3.58. The predicted molar refractivity (Wildman–Crippen MR) is 58.4 cm³/mol. The van der Waals surface area contributed by atoms with Crippen LogP contribution in [0.5, 0.6) is 5.88 Å². The van der Waals surface area contributed by atoms with E-state index in [1.807, 2.05) is 6.92 Å². The van der Waals surface area contributed by atoms with Crippen molar-refractivity contribution in [2.24, 2.45) is 0 Å². The molecule has 5 heteroatoms. The Hall–Kier alpha value is -1.36. The summed E-state index contributed by atoms with van der Waals surface area (Å²) in [7, 11) is 1.63. The Morgan fingerprint density at radius 2 is 2.13 bits per heavy atom. The first-order valence-electron chi connectivity index (χ1n) is 5.14. The molecule has 5 nitrogen and oxygen atoms in total. The first kappa shape index (κ1) is 10.2. The maximum absolute atomic E-state index is 5.24. The molecule has 1 aromatic heterocycles. The van der Waals surface area contributed by atoms with E-state index in [-0.39, 0.29) is 0 Å². The number of piperazine rings is 1. The van der Waals surface area contributed by atoms with Crippen molar-refractivity contribution in [1.82, 2.24) is 15.3 Å². The van der Waals surface area contributed by atoms with Crippen molar-refractivity contribution in [1.29, 1.82) is 0 Å². The van der Waals surface area contributed by atoms with Gasteiger partial charge in [0.05, 0.1) is 19.0 Å². The fraction of sp³-hybridized carbons (Fsp3) is 0.600. The summed E-state index contributed by atoms with van der Waals surface area (Å²) in [6.07, 6.45) is 1.78. The largest absolute Gasteiger partial charge is 0.478 e. The summed E-state index contributed by atoms with van der Waals surface area (Å²) >= 11 is 0. The van der Waals surface area contributed by atoms with Crippen molar-refractivity contribution >= 4 is 5.82 Å². The van der Waals surface area contributed by atoms with Crippen LogP contribution >= 0.6 is 0 Å².